The third kappa shape index (κ3) is 3.80. The lowest BCUT2D eigenvalue weighted by Gasteiger charge is -2.16. The topological polar surface area (TPSA) is 55.3 Å². The first-order chi connectivity index (χ1) is 7.13. The molecule has 0 fully saturated rings. The van der Waals surface area contributed by atoms with Crippen molar-refractivity contribution in [1.82, 2.24) is 4.90 Å². The highest BCUT2D eigenvalue weighted by molar-refractivity contribution is 5.63. The Bertz CT molecular complexity index is 310. The Kier molecular flexibility index (Phi) is 4.43. The molecular formula is C12H21N3. The Morgan fingerprint density at radius 1 is 1.20 bits per heavy atom. The summed E-state index contributed by atoms with van der Waals surface area (Å²) in [7, 11) is 2.13. The van der Waals surface area contributed by atoms with E-state index >= 15 is 0 Å². The standard InChI is InChI=1S/C12H21N3/c1-3-4-7-15(2)9-10-5-6-11(13)12(14)8-10/h5-6,8H,3-4,7,9,13-14H2,1-2H3. The lowest BCUT2D eigenvalue weighted by atomic mass is 10.1. The van der Waals surface area contributed by atoms with Crippen molar-refractivity contribution in [1.29, 1.82) is 0 Å². The molecule has 0 saturated carbocycles. The molecule has 0 unspecified atom stereocenters. The summed E-state index contributed by atoms with van der Waals surface area (Å²) in [5.74, 6) is 0. The highest BCUT2D eigenvalue weighted by atomic mass is 15.1. The van der Waals surface area contributed by atoms with Crippen LogP contribution in [0, 0.1) is 0 Å². The minimum absolute atomic E-state index is 0.662. The van der Waals surface area contributed by atoms with Crippen molar-refractivity contribution in [3.8, 4) is 0 Å². The van der Waals surface area contributed by atoms with Crippen LogP contribution >= 0.6 is 0 Å². The van der Waals surface area contributed by atoms with Gasteiger partial charge in [0.05, 0.1) is 11.4 Å². The molecule has 0 aliphatic heterocycles. The summed E-state index contributed by atoms with van der Waals surface area (Å²) in [5.41, 5.74) is 14.0. The molecule has 0 heterocycles. The van der Waals surface area contributed by atoms with E-state index in [4.69, 9.17) is 11.5 Å². The van der Waals surface area contributed by atoms with Crippen LogP contribution in [0.3, 0.4) is 0 Å². The van der Waals surface area contributed by atoms with E-state index in [-0.39, 0.29) is 0 Å². The molecule has 0 bridgehead atoms. The summed E-state index contributed by atoms with van der Waals surface area (Å²) in [6, 6.07) is 5.87. The molecule has 0 amide bonds. The smallest absolute Gasteiger partial charge is 0.0551 e. The second-order valence-corrected chi connectivity index (χ2v) is 4.05. The second kappa shape index (κ2) is 5.61. The van der Waals surface area contributed by atoms with Crippen LogP contribution < -0.4 is 11.5 Å². The second-order valence-electron chi connectivity index (χ2n) is 4.05. The van der Waals surface area contributed by atoms with Gasteiger partial charge < -0.3 is 16.4 Å². The van der Waals surface area contributed by atoms with Gasteiger partial charge in [-0.25, -0.2) is 0 Å². The molecule has 4 N–H and O–H groups in total. The summed E-state index contributed by atoms with van der Waals surface area (Å²) >= 11 is 0. The van der Waals surface area contributed by atoms with Crippen LogP contribution in [0.2, 0.25) is 0 Å². The quantitative estimate of drug-likeness (QED) is 0.727. The van der Waals surface area contributed by atoms with E-state index in [0.29, 0.717) is 11.4 Å². The van der Waals surface area contributed by atoms with Gasteiger partial charge in [0, 0.05) is 6.54 Å². The van der Waals surface area contributed by atoms with Crippen LogP contribution in [-0.4, -0.2) is 18.5 Å². The van der Waals surface area contributed by atoms with Crippen molar-refractivity contribution in [2.24, 2.45) is 0 Å². The summed E-state index contributed by atoms with van der Waals surface area (Å²) in [4.78, 5) is 2.30. The van der Waals surface area contributed by atoms with Crippen LogP contribution in [0.15, 0.2) is 18.2 Å². The van der Waals surface area contributed by atoms with Gasteiger partial charge in [-0.05, 0) is 37.7 Å². The van der Waals surface area contributed by atoms with Crippen LogP contribution in [0.25, 0.3) is 0 Å². The number of hydrogen-bond donors (Lipinski definition) is 2. The molecule has 0 radical (unpaired) electrons. The number of nitrogens with zero attached hydrogens (tertiary/aromatic N) is 1. The van der Waals surface area contributed by atoms with Crippen molar-refractivity contribution < 1.29 is 0 Å². The van der Waals surface area contributed by atoms with E-state index in [1.165, 1.54) is 18.4 Å². The molecule has 0 saturated heterocycles. The molecule has 3 nitrogen and oxygen atoms in total. The average Bonchev–Trinajstić information content (AvgIpc) is 2.20. The van der Waals surface area contributed by atoms with E-state index < -0.39 is 0 Å². The van der Waals surface area contributed by atoms with Gasteiger partial charge >= 0.3 is 0 Å². The van der Waals surface area contributed by atoms with Crippen molar-refractivity contribution in [3.05, 3.63) is 23.8 Å². The van der Waals surface area contributed by atoms with Crippen LogP contribution in [0.4, 0.5) is 11.4 Å². The number of nitrogen functional groups attached to an aromatic ring is 2. The Hall–Kier alpha value is -1.22. The molecule has 0 aliphatic carbocycles. The maximum absolute atomic E-state index is 5.75. The minimum atomic E-state index is 0.662. The molecule has 1 aromatic carbocycles. The number of rotatable bonds is 5. The fourth-order valence-electron chi connectivity index (χ4n) is 1.54. The fraction of sp³-hybridized carbons (Fsp3) is 0.500. The van der Waals surface area contributed by atoms with Crippen molar-refractivity contribution in [2.75, 3.05) is 25.1 Å². The van der Waals surface area contributed by atoms with Crippen LogP contribution in [0.5, 0.6) is 0 Å². The first kappa shape index (κ1) is 11.9. The average molecular weight is 207 g/mol. The lowest BCUT2D eigenvalue weighted by molar-refractivity contribution is 0.321. The van der Waals surface area contributed by atoms with Gasteiger partial charge in [-0.3, -0.25) is 0 Å². The molecule has 0 aliphatic rings. The normalized spacial score (nSPS) is 10.9. The molecule has 0 spiro atoms. The summed E-state index contributed by atoms with van der Waals surface area (Å²) in [5, 5.41) is 0. The van der Waals surface area contributed by atoms with E-state index in [2.05, 4.69) is 18.9 Å². The van der Waals surface area contributed by atoms with E-state index in [9.17, 15) is 0 Å². The Morgan fingerprint density at radius 3 is 2.53 bits per heavy atom. The predicted molar refractivity (Wildman–Crippen MR) is 66.5 cm³/mol. The van der Waals surface area contributed by atoms with E-state index in [1.807, 2.05) is 18.2 Å². The van der Waals surface area contributed by atoms with Gasteiger partial charge in [-0.15, -0.1) is 0 Å². The zero-order valence-corrected chi connectivity index (χ0v) is 9.66. The van der Waals surface area contributed by atoms with Gasteiger partial charge in [-0.1, -0.05) is 19.4 Å². The molecule has 1 aromatic rings. The highest BCUT2D eigenvalue weighted by Crippen LogP contribution is 2.16. The predicted octanol–water partition coefficient (Wildman–Crippen LogP) is 2.08. The molecule has 84 valence electrons. The van der Waals surface area contributed by atoms with Gasteiger partial charge in [0.25, 0.3) is 0 Å². The van der Waals surface area contributed by atoms with Gasteiger partial charge in [0.2, 0.25) is 0 Å². The van der Waals surface area contributed by atoms with Crippen molar-refractivity contribution in [2.45, 2.75) is 26.3 Å². The van der Waals surface area contributed by atoms with Crippen molar-refractivity contribution in [3.63, 3.8) is 0 Å². The molecule has 0 atom stereocenters. The van der Waals surface area contributed by atoms with Crippen LogP contribution in [-0.2, 0) is 6.54 Å². The Morgan fingerprint density at radius 2 is 1.93 bits per heavy atom. The maximum atomic E-state index is 5.75. The minimum Gasteiger partial charge on any atom is -0.397 e. The van der Waals surface area contributed by atoms with E-state index in [1.54, 1.807) is 0 Å². The highest BCUT2D eigenvalue weighted by Gasteiger charge is 2.01. The first-order valence-corrected chi connectivity index (χ1v) is 5.46. The fourth-order valence-corrected chi connectivity index (χ4v) is 1.54. The number of anilines is 2. The maximum Gasteiger partial charge on any atom is 0.0551 e. The monoisotopic (exact) mass is 207 g/mol. The number of hydrogen-bond acceptors (Lipinski definition) is 3. The summed E-state index contributed by atoms with van der Waals surface area (Å²) in [6.45, 7) is 4.26. The summed E-state index contributed by atoms with van der Waals surface area (Å²) < 4.78 is 0. The molecule has 15 heavy (non-hydrogen) atoms. The number of unbranched alkanes of at least 4 members (excludes halogenated alkanes) is 1. The molecule has 0 aromatic heterocycles. The number of nitrogens with two attached hydrogens (primary N) is 2. The number of benzene rings is 1. The Balaban J connectivity index is 2.53. The summed E-state index contributed by atoms with van der Waals surface area (Å²) in [6.07, 6.45) is 2.47. The van der Waals surface area contributed by atoms with Crippen molar-refractivity contribution >= 4 is 11.4 Å². The van der Waals surface area contributed by atoms with Gasteiger partial charge in [0.15, 0.2) is 0 Å². The van der Waals surface area contributed by atoms with Gasteiger partial charge in [-0.2, -0.15) is 0 Å². The van der Waals surface area contributed by atoms with Crippen LogP contribution in [0.1, 0.15) is 25.3 Å². The third-order valence-electron chi connectivity index (χ3n) is 2.50. The van der Waals surface area contributed by atoms with E-state index in [0.717, 1.165) is 13.1 Å². The molecular weight excluding hydrogens is 186 g/mol. The lowest BCUT2D eigenvalue weighted by Crippen LogP contribution is -2.19. The molecule has 3 heteroatoms. The largest absolute Gasteiger partial charge is 0.397 e. The Labute approximate surface area is 92.1 Å². The zero-order valence-electron chi connectivity index (χ0n) is 9.66. The SMILES string of the molecule is CCCCN(C)Cc1ccc(N)c(N)c1. The molecule has 1 rings (SSSR count). The zero-order chi connectivity index (χ0) is 11.3. The first-order valence-electron chi connectivity index (χ1n) is 5.46. The third-order valence-corrected chi connectivity index (χ3v) is 2.50. The van der Waals surface area contributed by atoms with Gasteiger partial charge in [0.1, 0.15) is 0 Å².